The standard InChI is InChI=1S/C22H16F3IN5O2P/c1-12-8-13(20-27-10-14-9-15(22(23,24)25)3-4-16(14)29-20)2-5-17(12)30-6-7-33-18-11-28-31(34-26)19(18)21(30)32/h2-5,8-11,34H,6-7H2,1H3. The van der Waals surface area contributed by atoms with Crippen molar-refractivity contribution in [3.8, 4) is 17.1 Å². The van der Waals surface area contributed by atoms with Crippen LogP contribution in [0.5, 0.6) is 5.75 Å². The molecule has 7 nitrogen and oxygen atoms in total. The number of carbonyl (C=O) groups excluding carboxylic acids is 1. The molecule has 0 N–H and O–H groups in total. The van der Waals surface area contributed by atoms with Gasteiger partial charge in [0.05, 0.1) is 30.2 Å². The second-order valence-corrected chi connectivity index (χ2v) is 9.67. The zero-order valence-electron chi connectivity index (χ0n) is 17.6. The predicted octanol–water partition coefficient (Wildman–Crippen LogP) is 5.65. The van der Waals surface area contributed by atoms with Gasteiger partial charge in [0.2, 0.25) is 0 Å². The van der Waals surface area contributed by atoms with Gasteiger partial charge in [-0.2, -0.15) is 18.3 Å². The fourth-order valence-corrected chi connectivity index (χ4v) is 5.34. The van der Waals surface area contributed by atoms with Crippen molar-refractivity contribution in [2.24, 2.45) is 0 Å². The molecule has 0 radical (unpaired) electrons. The molecule has 4 aromatic rings. The van der Waals surface area contributed by atoms with Gasteiger partial charge in [-0.3, -0.25) is 4.79 Å². The lowest BCUT2D eigenvalue weighted by Gasteiger charge is -2.22. The summed E-state index contributed by atoms with van der Waals surface area (Å²) in [7, 11) is 0. The molecule has 0 spiro atoms. The number of alkyl halides is 3. The van der Waals surface area contributed by atoms with Crippen molar-refractivity contribution in [2.75, 3.05) is 18.1 Å². The number of carbonyl (C=O) groups is 1. The van der Waals surface area contributed by atoms with E-state index < -0.39 is 11.7 Å². The maximum absolute atomic E-state index is 13.3. The van der Waals surface area contributed by atoms with Crippen LogP contribution in [0, 0.1) is 6.92 Å². The van der Waals surface area contributed by atoms with Gasteiger partial charge in [-0.25, -0.2) is 14.4 Å². The number of amides is 1. The molecule has 2 aromatic carbocycles. The molecular formula is C22H16F3IN5O2P. The molecule has 5 rings (SSSR count). The van der Waals surface area contributed by atoms with E-state index in [9.17, 15) is 18.0 Å². The summed E-state index contributed by atoms with van der Waals surface area (Å²) in [6, 6.07) is 8.87. The molecule has 0 bridgehead atoms. The van der Waals surface area contributed by atoms with Crippen LogP contribution in [0.25, 0.3) is 22.3 Å². The molecular weight excluding hydrogens is 581 g/mol. The summed E-state index contributed by atoms with van der Waals surface area (Å²) in [5.74, 6) is 0.676. The van der Waals surface area contributed by atoms with Gasteiger partial charge in [0.15, 0.2) is 17.3 Å². The normalized spacial score (nSPS) is 14.5. The molecule has 0 fully saturated rings. The van der Waals surface area contributed by atoms with E-state index in [0.717, 1.165) is 23.4 Å². The highest BCUT2D eigenvalue weighted by Gasteiger charge is 2.31. The number of hydrogen-bond acceptors (Lipinski definition) is 5. The molecule has 34 heavy (non-hydrogen) atoms. The minimum Gasteiger partial charge on any atom is -0.488 e. The summed E-state index contributed by atoms with van der Waals surface area (Å²) in [6.45, 7) is 2.60. The van der Waals surface area contributed by atoms with E-state index in [1.54, 1.807) is 21.6 Å². The minimum atomic E-state index is -4.43. The Labute approximate surface area is 206 Å². The Kier molecular flexibility index (Phi) is 5.93. The summed E-state index contributed by atoms with van der Waals surface area (Å²) in [4.78, 5) is 23.7. The van der Waals surface area contributed by atoms with Gasteiger partial charge in [0, 0.05) is 22.8 Å². The summed E-state index contributed by atoms with van der Waals surface area (Å²) in [6.07, 6.45) is -1.22. The van der Waals surface area contributed by atoms with Crippen LogP contribution >= 0.6 is 28.4 Å². The quantitative estimate of drug-likeness (QED) is 0.226. The van der Waals surface area contributed by atoms with Crippen LogP contribution in [0.1, 0.15) is 21.6 Å². The molecule has 1 unspecified atom stereocenters. The molecule has 1 aliphatic rings. The van der Waals surface area contributed by atoms with Crippen LogP contribution < -0.4 is 9.64 Å². The lowest BCUT2D eigenvalue weighted by atomic mass is 10.1. The monoisotopic (exact) mass is 597 g/mol. The number of rotatable bonds is 3. The largest absolute Gasteiger partial charge is 0.488 e. The Morgan fingerprint density at radius 2 is 1.97 bits per heavy atom. The average molecular weight is 597 g/mol. The van der Waals surface area contributed by atoms with Crippen molar-refractivity contribution in [2.45, 2.75) is 13.1 Å². The predicted molar refractivity (Wildman–Crippen MR) is 132 cm³/mol. The van der Waals surface area contributed by atoms with Crippen molar-refractivity contribution in [1.82, 2.24) is 19.5 Å². The molecule has 0 saturated carbocycles. The topological polar surface area (TPSA) is 73.1 Å². The number of ether oxygens (including phenoxy) is 1. The molecule has 2 aromatic heterocycles. The third-order valence-corrected chi connectivity index (χ3v) is 7.36. The van der Waals surface area contributed by atoms with E-state index in [1.807, 2.05) is 19.1 Å². The number of aryl methyl sites for hydroxylation is 1. The lowest BCUT2D eigenvalue weighted by Crippen LogP contribution is -2.33. The van der Waals surface area contributed by atoms with Gasteiger partial charge < -0.3 is 9.64 Å². The van der Waals surface area contributed by atoms with Crippen LogP contribution in [0.15, 0.2) is 48.8 Å². The third kappa shape index (κ3) is 4.11. The van der Waals surface area contributed by atoms with E-state index in [-0.39, 0.29) is 12.3 Å². The first kappa shape index (κ1) is 23.0. The molecule has 1 aliphatic heterocycles. The van der Waals surface area contributed by atoms with Crippen LogP contribution in [0.3, 0.4) is 0 Å². The fraction of sp³-hybridized carbons (Fsp3) is 0.182. The molecule has 0 saturated heterocycles. The molecule has 3 heterocycles. The summed E-state index contributed by atoms with van der Waals surface area (Å²) in [5, 5.41) is 4.54. The van der Waals surface area contributed by atoms with Crippen molar-refractivity contribution in [3.05, 3.63) is 65.6 Å². The average Bonchev–Trinajstić information content (AvgIpc) is 3.16. The highest BCUT2D eigenvalue weighted by atomic mass is 127. The van der Waals surface area contributed by atoms with E-state index >= 15 is 0 Å². The Balaban J connectivity index is 1.48. The number of fused-ring (bicyclic) bond motifs is 2. The van der Waals surface area contributed by atoms with Gasteiger partial charge in [-0.15, -0.1) is 0 Å². The zero-order valence-corrected chi connectivity index (χ0v) is 20.8. The van der Waals surface area contributed by atoms with E-state index in [2.05, 4.69) is 37.1 Å². The van der Waals surface area contributed by atoms with Gasteiger partial charge in [0.25, 0.3) is 5.91 Å². The maximum Gasteiger partial charge on any atom is 0.416 e. The van der Waals surface area contributed by atoms with Crippen molar-refractivity contribution in [3.63, 3.8) is 0 Å². The molecule has 0 aliphatic carbocycles. The first-order chi connectivity index (χ1) is 16.3. The number of benzene rings is 2. The fourth-order valence-electron chi connectivity index (χ4n) is 3.85. The van der Waals surface area contributed by atoms with Gasteiger partial charge in [-0.1, -0.05) is 0 Å². The smallest absolute Gasteiger partial charge is 0.416 e. The van der Waals surface area contributed by atoms with Crippen LogP contribution in [-0.4, -0.2) is 38.6 Å². The zero-order chi connectivity index (χ0) is 24.0. The Morgan fingerprint density at radius 3 is 2.71 bits per heavy atom. The highest BCUT2D eigenvalue weighted by molar-refractivity contribution is 14.2. The molecule has 12 heteroatoms. The number of halogens is 4. The van der Waals surface area contributed by atoms with Crippen LogP contribution in [0.4, 0.5) is 18.9 Å². The second kappa shape index (κ2) is 8.77. The van der Waals surface area contributed by atoms with E-state index in [1.165, 1.54) is 12.3 Å². The van der Waals surface area contributed by atoms with Gasteiger partial charge >= 0.3 is 6.18 Å². The Bertz CT molecular complexity index is 1430. The van der Waals surface area contributed by atoms with E-state index in [0.29, 0.717) is 46.9 Å². The molecule has 174 valence electrons. The van der Waals surface area contributed by atoms with Crippen molar-refractivity contribution >= 4 is 50.9 Å². The number of nitrogens with zero attached hydrogens (tertiary/aromatic N) is 5. The number of hydrogen-bond donors (Lipinski definition) is 0. The third-order valence-electron chi connectivity index (χ3n) is 5.49. The van der Waals surface area contributed by atoms with Gasteiger partial charge in [-0.05, 0) is 70.9 Å². The molecule has 1 atom stereocenters. The summed E-state index contributed by atoms with van der Waals surface area (Å²) >= 11 is 2.16. The second-order valence-electron chi connectivity index (χ2n) is 7.63. The Morgan fingerprint density at radius 1 is 1.15 bits per heavy atom. The van der Waals surface area contributed by atoms with Crippen molar-refractivity contribution in [1.29, 1.82) is 0 Å². The first-order valence-corrected chi connectivity index (χ1v) is 14.2. The number of aromatic nitrogens is 4. The van der Waals surface area contributed by atoms with Crippen molar-refractivity contribution < 1.29 is 22.7 Å². The maximum atomic E-state index is 13.3. The summed E-state index contributed by atoms with van der Waals surface area (Å²) in [5.41, 5.74) is 2.35. The summed E-state index contributed by atoms with van der Waals surface area (Å²) < 4.78 is 46.3. The van der Waals surface area contributed by atoms with Crippen LogP contribution in [0.2, 0.25) is 0 Å². The molecule has 1 amide bonds. The highest BCUT2D eigenvalue weighted by Crippen LogP contribution is 2.35. The number of anilines is 1. The minimum absolute atomic E-state index is 0.188. The Hall–Kier alpha value is -2.79. The van der Waals surface area contributed by atoms with E-state index in [4.69, 9.17) is 4.74 Å². The van der Waals surface area contributed by atoms with Crippen LogP contribution in [-0.2, 0) is 6.18 Å². The lowest BCUT2D eigenvalue weighted by molar-refractivity contribution is -0.137. The first-order valence-electron chi connectivity index (χ1n) is 10.1. The SMILES string of the molecule is Cc1cc(-c2ncc3cc(C(F)(F)F)ccc3n2)ccc1N1CCOc2cnn(PI)c2C1=O. The van der Waals surface area contributed by atoms with Gasteiger partial charge in [0.1, 0.15) is 6.61 Å².